The lowest BCUT2D eigenvalue weighted by molar-refractivity contribution is -0.166. The van der Waals surface area contributed by atoms with Crippen molar-refractivity contribution >= 4 is 0 Å². The Balaban J connectivity index is 1.43. The number of allylic oxidation sites excluding steroid dienone is 2. The van der Waals surface area contributed by atoms with Crippen LogP contribution in [0.1, 0.15) is 90.9 Å². The topological polar surface area (TPSA) is 29.5 Å². The van der Waals surface area contributed by atoms with Gasteiger partial charge in [-0.3, -0.25) is 0 Å². The van der Waals surface area contributed by atoms with Gasteiger partial charge in [-0.1, -0.05) is 18.6 Å². The van der Waals surface area contributed by atoms with Crippen LogP contribution >= 0.6 is 0 Å². The van der Waals surface area contributed by atoms with Crippen molar-refractivity contribution in [3.05, 3.63) is 11.6 Å². The van der Waals surface area contributed by atoms with Crippen molar-refractivity contribution in [3.8, 4) is 0 Å². The summed E-state index contributed by atoms with van der Waals surface area (Å²) in [5.74, 6) is 4.58. The molecule has 0 aromatic rings. The van der Waals surface area contributed by atoms with Crippen LogP contribution in [0.5, 0.6) is 0 Å². The van der Waals surface area contributed by atoms with Crippen LogP contribution in [-0.4, -0.2) is 24.4 Å². The van der Waals surface area contributed by atoms with E-state index in [0.29, 0.717) is 17.4 Å². The van der Waals surface area contributed by atoms with Gasteiger partial charge in [0.25, 0.3) is 0 Å². The average Bonchev–Trinajstić information content (AvgIpc) is 3.48. The summed E-state index contributed by atoms with van der Waals surface area (Å²) in [6.07, 6.45) is 18.1. The zero-order valence-electron chi connectivity index (χ0n) is 18.5. The average molecular weight is 387 g/mol. The quantitative estimate of drug-likeness (QED) is 0.589. The lowest BCUT2D eigenvalue weighted by atomic mass is 9.42. The van der Waals surface area contributed by atoms with Gasteiger partial charge in [0.1, 0.15) is 0 Å². The van der Waals surface area contributed by atoms with Gasteiger partial charge in [-0.2, -0.15) is 0 Å². The van der Waals surface area contributed by atoms with Crippen LogP contribution in [-0.2, 0) is 4.74 Å². The Morgan fingerprint density at radius 1 is 1.00 bits per heavy atom. The third-order valence-corrected chi connectivity index (χ3v) is 10.7. The van der Waals surface area contributed by atoms with Gasteiger partial charge < -0.3 is 9.84 Å². The molecule has 2 nitrogen and oxygen atoms in total. The number of methoxy groups -OCH3 is 1. The van der Waals surface area contributed by atoms with Crippen molar-refractivity contribution in [1.82, 2.24) is 0 Å². The standard InChI is InChI=1S/C26H42O2/c1-4-18-8-10-22-21-9-7-20-17-25(27,15-16-28-3)13-14-26(20,19-5-6-19)23(21)11-12-24(18,22)2/h4,19-23,27H,5-17H2,1-3H3/b18-4-/t20-,21+,22+,23+,24-,25+,26-/m1/s1. The van der Waals surface area contributed by atoms with E-state index in [1.807, 2.05) is 0 Å². The molecular weight excluding hydrogens is 344 g/mol. The summed E-state index contributed by atoms with van der Waals surface area (Å²) in [4.78, 5) is 0. The van der Waals surface area contributed by atoms with Gasteiger partial charge >= 0.3 is 0 Å². The molecule has 5 aliphatic carbocycles. The van der Waals surface area contributed by atoms with Crippen molar-refractivity contribution < 1.29 is 9.84 Å². The molecule has 0 aromatic heterocycles. The van der Waals surface area contributed by atoms with Gasteiger partial charge in [-0.15, -0.1) is 0 Å². The molecule has 5 fully saturated rings. The van der Waals surface area contributed by atoms with E-state index in [-0.39, 0.29) is 0 Å². The molecule has 0 aliphatic heterocycles. The van der Waals surface area contributed by atoms with Gasteiger partial charge in [-0.05, 0) is 124 Å². The van der Waals surface area contributed by atoms with Gasteiger partial charge in [0.15, 0.2) is 0 Å². The summed E-state index contributed by atoms with van der Waals surface area (Å²) in [6.45, 7) is 5.59. The first-order chi connectivity index (χ1) is 13.5. The van der Waals surface area contributed by atoms with Crippen LogP contribution in [0.15, 0.2) is 11.6 Å². The molecule has 5 rings (SSSR count). The molecule has 0 bridgehead atoms. The molecule has 28 heavy (non-hydrogen) atoms. The Bertz CT molecular complexity index is 636. The fourth-order valence-electron chi connectivity index (χ4n) is 9.32. The monoisotopic (exact) mass is 386 g/mol. The van der Waals surface area contributed by atoms with E-state index in [1.165, 1.54) is 57.8 Å². The van der Waals surface area contributed by atoms with E-state index in [0.717, 1.165) is 48.9 Å². The molecule has 0 amide bonds. The number of ether oxygens (including phenoxy) is 1. The van der Waals surface area contributed by atoms with E-state index in [4.69, 9.17) is 4.74 Å². The van der Waals surface area contributed by atoms with E-state index in [1.54, 1.807) is 12.7 Å². The molecule has 5 saturated carbocycles. The highest BCUT2D eigenvalue weighted by Crippen LogP contribution is 2.72. The second-order valence-corrected chi connectivity index (χ2v) is 11.5. The number of fused-ring (bicyclic) bond motifs is 5. The summed E-state index contributed by atoms with van der Waals surface area (Å²) in [5.41, 5.74) is 2.39. The molecule has 5 aliphatic rings. The van der Waals surface area contributed by atoms with Crippen molar-refractivity contribution in [3.63, 3.8) is 0 Å². The maximum atomic E-state index is 11.3. The summed E-state index contributed by atoms with van der Waals surface area (Å²) in [7, 11) is 1.77. The second kappa shape index (κ2) is 6.84. The summed E-state index contributed by atoms with van der Waals surface area (Å²) < 4.78 is 5.33. The summed E-state index contributed by atoms with van der Waals surface area (Å²) >= 11 is 0. The largest absolute Gasteiger partial charge is 0.390 e. The van der Waals surface area contributed by atoms with E-state index in [9.17, 15) is 5.11 Å². The van der Waals surface area contributed by atoms with Gasteiger partial charge in [0.05, 0.1) is 5.60 Å². The maximum absolute atomic E-state index is 11.3. The van der Waals surface area contributed by atoms with Crippen LogP contribution in [0, 0.1) is 40.4 Å². The Morgan fingerprint density at radius 2 is 1.79 bits per heavy atom. The van der Waals surface area contributed by atoms with E-state index >= 15 is 0 Å². The second-order valence-electron chi connectivity index (χ2n) is 11.5. The first-order valence-corrected chi connectivity index (χ1v) is 12.3. The van der Waals surface area contributed by atoms with E-state index in [2.05, 4.69) is 19.9 Å². The fraction of sp³-hybridized carbons (Fsp3) is 0.923. The van der Waals surface area contributed by atoms with Gasteiger partial charge in [0, 0.05) is 13.7 Å². The van der Waals surface area contributed by atoms with Crippen LogP contribution < -0.4 is 0 Å². The summed E-state index contributed by atoms with van der Waals surface area (Å²) in [5, 5.41) is 11.3. The first-order valence-electron chi connectivity index (χ1n) is 12.3. The third kappa shape index (κ3) is 2.73. The van der Waals surface area contributed by atoms with E-state index < -0.39 is 5.60 Å². The zero-order chi connectivity index (χ0) is 19.6. The molecule has 0 aromatic carbocycles. The highest BCUT2D eigenvalue weighted by Gasteiger charge is 2.65. The Kier molecular flexibility index (Phi) is 4.79. The highest BCUT2D eigenvalue weighted by atomic mass is 16.5. The molecule has 0 unspecified atom stereocenters. The van der Waals surface area contributed by atoms with Crippen molar-refractivity contribution in [1.29, 1.82) is 0 Å². The van der Waals surface area contributed by atoms with Gasteiger partial charge in [-0.25, -0.2) is 0 Å². The molecule has 0 saturated heterocycles. The van der Waals surface area contributed by atoms with Crippen molar-refractivity contribution in [2.75, 3.05) is 13.7 Å². The van der Waals surface area contributed by atoms with Crippen LogP contribution in [0.4, 0.5) is 0 Å². The number of hydrogen-bond donors (Lipinski definition) is 1. The molecular formula is C26H42O2. The minimum Gasteiger partial charge on any atom is -0.390 e. The molecule has 0 radical (unpaired) electrons. The highest BCUT2D eigenvalue weighted by molar-refractivity contribution is 5.24. The van der Waals surface area contributed by atoms with Crippen LogP contribution in [0.25, 0.3) is 0 Å². The Morgan fingerprint density at radius 3 is 2.50 bits per heavy atom. The number of aliphatic hydroxyl groups is 1. The first kappa shape index (κ1) is 19.6. The predicted octanol–water partition coefficient (Wildman–Crippen LogP) is 6.13. The normalized spacial score (nSPS) is 52.2. The number of rotatable bonds is 4. The fourth-order valence-corrected chi connectivity index (χ4v) is 9.32. The molecule has 1 N–H and O–H groups in total. The minimum absolute atomic E-state index is 0.458. The third-order valence-electron chi connectivity index (χ3n) is 10.7. The molecule has 7 atom stereocenters. The lowest BCUT2D eigenvalue weighted by Crippen LogP contribution is -2.57. The SMILES string of the molecule is C/C=C1/CC[C@H]2[C@@H]3CC[C@@H]4C[C@@](O)(CCOC)CC[C@]4(C4CC4)[C@H]3CC[C@]12C. The van der Waals surface area contributed by atoms with Crippen LogP contribution in [0.2, 0.25) is 0 Å². The maximum Gasteiger partial charge on any atom is 0.0672 e. The minimum atomic E-state index is -0.458. The van der Waals surface area contributed by atoms with Crippen LogP contribution in [0.3, 0.4) is 0 Å². The Labute approximate surface area is 172 Å². The molecule has 0 heterocycles. The predicted molar refractivity (Wildman–Crippen MR) is 114 cm³/mol. The molecule has 0 spiro atoms. The van der Waals surface area contributed by atoms with Crippen molar-refractivity contribution in [2.24, 2.45) is 40.4 Å². The molecule has 2 heteroatoms. The smallest absolute Gasteiger partial charge is 0.0672 e. The summed E-state index contributed by atoms with van der Waals surface area (Å²) in [6, 6.07) is 0. The van der Waals surface area contributed by atoms with Gasteiger partial charge in [0.2, 0.25) is 0 Å². The lowest BCUT2D eigenvalue weighted by Gasteiger charge is -2.63. The Hall–Kier alpha value is -0.340. The molecule has 158 valence electrons. The number of hydrogen-bond acceptors (Lipinski definition) is 2. The van der Waals surface area contributed by atoms with Crippen molar-refractivity contribution in [2.45, 2.75) is 96.5 Å². The zero-order valence-corrected chi connectivity index (χ0v) is 18.5.